The van der Waals surface area contributed by atoms with Gasteiger partial charge < -0.3 is 10.6 Å². The van der Waals surface area contributed by atoms with Crippen molar-refractivity contribution in [1.82, 2.24) is 4.98 Å². The van der Waals surface area contributed by atoms with Crippen LogP contribution in [0.4, 0.5) is 11.4 Å². The predicted octanol–water partition coefficient (Wildman–Crippen LogP) is 2.81. The molecule has 0 amide bonds. The number of nitrogen functional groups attached to an aromatic ring is 1. The molecule has 1 aromatic heterocycles. The zero-order valence-electron chi connectivity index (χ0n) is 10.1. The van der Waals surface area contributed by atoms with Crippen LogP contribution in [0.1, 0.15) is 19.8 Å². The summed E-state index contributed by atoms with van der Waals surface area (Å²) in [6.45, 7) is 3.42. The van der Waals surface area contributed by atoms with Crippen molar-refractivity contribution in [2.45, 2.75) is 25.8 Å². The Hall–Kier alpha value is -1.77. The van der Waals surface area contributed by atoms with Crippen molar-refractivity contribution in [2.24, 2.45) is 0 Å². The monoisotopic (exact) mass is 227 g/mol. The maximum Gasteiger partial charge on any atom is 0.0951 e. The molecule has 1 aromatic carbocycles. The van der Waals surface area contributed by atoms with Gasteiger partial charge in [-0.25, -0.2) is 0 Å². The Morgan fingerprint density at radius 3 is 3.00 bits per heavy atom. The SMILES string of the molecule is CC1CCCN1c1ccnc2c(N)cccc12. The number of pyridine rings is 1. The van der Waals surface area contributed by atoms with Crippen molar-refractivity contribution >= 4 is 22.3 Å². The zero-order valence-corrected chi connectivity index (χ0v) is 10.1. The lowest BCUT2D eigenvalue weighted by atomic mass is 10.1. The van der Waals surface area contributed by atoms with E-state index in [1.165, 1.54) is 23.9 Å². The van der Waals surface area contributed by atoms with Crippen LogP contribution in [0.5, 0.6) is 0 Å². The van der Waals surface area contributed by atoms with Crippen molar-refractivity contribution in [3.63, 3.8) is 0 Å². The third-order valence-corrected chi connectivity index (χ3v) is 3.64. The van der Waals surface area contributed by atoms with Crippen LogP contribution >= 0.6 is 0 Å². The van der Waals surface area contributed by atoms with Gasteiger partial charge in [-0.3, -0.25) is 4.98 Å². The standard InChI is InChI=1S/C14H17N3/c1-10-4-3-9-17(10)13-7-8-16-14-11(13)5-2-6-12(14)15/h2,5-8,10H,3-4,9,15H2,1H3. The second-order valence-electron chi connectivity index (χ2n) is 4.76. The summed E-state index contributed by atoms with van der Waals surface area (Å²) >= 11 is 0. The molecule has 0 aliphatic carbocycles. The molecule has 3 nitrogen and oxygen atoms in total. The van der Waals surface area contributed by atoms with E-state index in [9.17, 15) is 0 Å². The molecular weight excluding hydrogens is 210 g/mol. The quantitative estimate of drug-likeness (QED) is 0.762. The van der Waals surface area contributed by atoms with Gasteiger partial charge in [-0.1, -0.05) is 12.1 Å². The van der Waals surface area contributed by atoms with Crippen LogP contribution in [-0.2, 0) is 0 Å². The van der Waals surface area contributed by atoms with Gasteiger partial charge in [0.2, 0.25) is 0 Å². The van der Waals surface area contributed by atoms with E-state index < -0.39 is 0 Å². The molecule has 3 heteroatoms. The number of rotatable bonds is 1. The molecule has 0 bridgehead atoms. The molecule has 1 aliphatic heterocycles. The minimum atomic E-state index is 0.613. The minimum absolute atomic E-state index is 0.613. The first-order valence-corrected chi connectivity index (χ1v) is 6.17. The molecule has 0 radical (unpaired) electrons. The largest absolute Gasteiger partial charge is 0.397 e. The maximum absolute atomic E-state index is 5.98. The fourth-order valence-electron chi connectivity index (χ4n) is 2.73. The van der Waals surface area contributed by atoms with Crippen molar-refractivity contribution < 1.29 is 0 Å². The molecule has 2 heterocycles. The molecule has 88 valence electrons. The van der Waals surface area contributed by atoms with Crippen LogP contribution in [0.25, 0.3) is 10.9 Å². The molecule has 2 N–H and O–H groups in total. The summed E-state index contributed by atoms with van der Waals surface area (Å²) in [6, 6.07) is 8.74. The van der Waals surface area contributed by atoms with E-state index in [1.807, 2.05) is 18.3 Å². The normalized spacial score (nSPS) is 20.1. The van der Waals surface area contributed by atoms with Crippen molar-refractivity contribution in [2.75, 3.05) is 17.2 Å². The average molecular weight is 227 g/mol. The van der Waals surface area contributed by atoms with Crippen molar-refractivity contribution in [1.29, 1.82) is 0 Å². The molecule has 0 spiro atoms. The van der Waals surface area contributed by atoms with Crippen LogP contribution in [0.15, 0.2) is 30.5 Å². The molecule has 0 saturated carbocycles. The molecule has 1 atom stereocenters. The highest BCUT2D eigenvalue weighted by Crippen LogP contribution is 2.32. The Bertz CT molecular complexity index is 550. The zero-order chi connectivity index (χ0) is 11.8. The molecule has 2 aromatic rings. The van der Waals surface area contributed by atoms with Gasteiger partial charge in [0.1, 0.15) is 0 Å². The second kappa shape index (κ2) is 3.91. The molecular formula is C14H17N3. The highest BCUT2D eigenvalue weighted by molar-refractivity contribution is 5.98. The fourth-order valence-corrected chi connectivity index (χ4v) is 2.73. The summed E-state index contributed by atoms with van der Waals surface area (Å²) in [4.78, 5) is 6.85. The van der Waals surface area contributed by atoms with Crippen LogP contribution in [0, 0.1) is 0 Å². The number of aromatic nitrogens is 1. The third-order valence-electron chi connectivity index (χ3n) is 3.64. The number of benzene rings is 1. The second-order valence-corrected chi connectivity index (χ2v) is 4.76. The number of anilines is 2. The van der Waals surface area contributed by atoms with Crippen molar-refractivity contribution in [3.8, 4) is 0 Å². The van der Waals surface area contributed by atoms with Gasteiger partial charge >= 0.3 is 0 Å². The maximum atomic E-state index is 5.98. The summed E-state index contributed by atoms with van der Waals surface area (Å²) < 4.78 is 0. The van der Waals surface area contributed by atoms with E-state index >= 15 is 0 Å². The van der Waals surface area contributed by atoms with Crippen LogP contribution in [0.2, 0.25) is 0 Å². The van der Waals surface area contributed by atoms with Gasteiger partial charge in [0, 0.05) is 29.9 Å². The number of nitrogens with two attached hydrogens (primary N) is 1. The highest BCUT2D eigenvalue weighted by atomic mass is 15.2. The smallest absolute Gasteiger partial charge is 0.0951 e. The van der Waals surface area contributed by atoms with E-state index in [0.29, 0.717) is 6.04 Å². The van der Waals surface area contributed by atoms with Gasteiger partial charge in [-0.15, -0.1) is 0 Å². The van der Waals surface area contributed by atoms with E-state index in [-0.39, 0.29) is 0 Å². The molecule has 17 heavy (non-hydrogen) atoms. The Morgan fingerprint density at radius 2 is 2.24 bits per heavy atom. The number of para-hydroxylation sites is 1. The Morgan fingerprint density at radius 1 is 1.35 bits per heavy atom. The lowest BCUT2D eigenvalue weighted by Gasteiger charge is -2.25. The van der Waals surface area contributed by atoms with Gasteiger partial charge in [0.25, 0.3) is 0 Å². The van der Waals surface area contributed by atoms with Gasteiger partial charge in [0.15, 0.2) is 0 Å². The number of hydrogen-bond acceptors (Lipinski definition) is 3. The van der Waals surface area contributed by atoms with Gasteiger partial charge in [-0.05, 0) is 31.9 Å². The van der Waals surface area contributed by atoms with E-state index in [1.54, 1.807) is 0 Å². The van der Waals surface area contributed by atoms with E-state index in [4.69, 9.17) is 5.73 Å². The lowest BCUT2D eigenvalue weighted by Crippen LogP contribution is -2.26. The molecule has 3 rings (SSSR count). The molecule has 1 fully saturated rings. The van der Waals surface area contributed by atoms with Gasteiger partial charge in [0.05, 0.1) is 11.2 Å². The Balaban J connectivity index is 2.19. The van der Waals surface area contributed by atoms with Gasteiger partial charge in [-0.2, -0.15) is 0 Å². The molecule has 1 unspecified atom stereocenters. The first-order valence-electron chi connectivity index (χ1n) is 6.17. The average Bonchev–Trinajstić information content (AvgIpc) is 2.75. The Labute approximate surface area is 101 Å². The Kier molecular flexibility index (Phi) is 2.39. The van der Waals surface area contributed by atoms with E-state index in [0.717, 1.165) is 17.7 Å². The first-order chi connectivity index (χ1) is 8.27. The minimum Gasteiger partial charge on any atom is -0.397 e. The van der Waals surface area contributed by atoms with Crippen molar-refractivity contribution in [3.05, 3.63) is 30.5 Å². The topological polar surface area (TPSA) is 42.2 Å². The van der Waals surface area contributed by atoms with Crippen LogP contribution < -0.4 is 10.6 Å². The predicted molar refractivity (Wildman–Crippen MR) is 72.2 cm³/mol. The highest BCUT2D eigenvalue weighted by Gasteiger charge is 2.22. The van der Waals surface area contributed by atoms with Crippen LogP contribution in [-0.4, -0.2) is 17.6 Å². The van der Waals surface area contributed by atoms with E-state index in [2.05, 4.69) is 28.9 Å². The molecule has 1 aliphatic rings. The fraction of sp³-hybridized carbons (Fsp3) is 0.357. The number of fused-ring (bicyclic) bond motifs is 1. The summed E-state index contributed by atoms with van der Waals surface area (Å²) in [5.74, 6) is 0. The number of nitrogens with zero attached hydrogens (tertiary/aromatic N) is 2. The summed E-state index contributed by atoms with van der Waals surface area (Å²) in [5, 5.41) is 1.17. The summed E-state index contributed by atoms with van der Waals surface area (Å²) in [6.07, 6.45) is 4.40. The lowest BCUT2D eigenvalue weighted by molar-refractivity contribution is 0.736. The molecule has 1 saturated heterocycles. The number of hydrogen-bond donors (Lipinski definition) is 1. The van der Waals surface area contributed by atoms with Crippen LogP contribution in [0.3, 0.4) is 0 Å². The summed E-state index contributed by atoms with van der Waals surface area (Å²) in [7, 11) is 0. The first kappa shape index (κ1) is 10.4. The summed E-state index contributed by atoms with van der Waals surface area (Å²) in [5.41, 5.74) is 8.93. The third kappa shape index (κ3) is 1.62.